The van der Waals surface area contributed by atoms with E-state index in [1.165, 1.54) is 12.8 Å². The number of rotatable bonds is 5. The summed E-state index contributed by atoms with van der Waals surface area (Å²) in [6, 6.07) is 7.46. The minimum absolute atomic E-state index is 0.296. The molecule has 4 heteroatoms. The molecule has 0 aliphatic heterocycles. The second kappa shape index (κ2) is 7.38. The summed E-state index contributed by atoms with van der Waals surface area (Å²) in [4.78, 5) is 15.2. The molecule has 1 aliphatic carbocycles. The van der Waals surface area contributed by atoms with Crippen molar-refractivity contribution in [3.8, 4) is 0 Å². The maximum absolute atomic E-state index is 10.5. The number of carboxylic acids is 1. The second-order valence-electron chi connectivity index (χ2n) is 5.88. The third-order valence-electron chi connectivity index (χ3n) is 4.29. The van der Waals surface area contributed by atoms with Gasteiger partial charge in [-0.1, -0.05) is 44.0 Å². The lowest BCUT2D eigenvalue weighted by atomic mass is 9.78. The Labute approximate surface area is 125 Å². The number of carbonyl (C=O) groups is 1. The first-order valence-electron chi connectivity index (χ1n) is 7.41. The molecule has 1 aliphatic rings. The Hall–Kier alpha value is -1.65. The van der Waals surface area contributed by atoms with E-state index in [0.717, 1.165) is 36.0 Å². The summed E-state index contributed by atoms with van der Waals surface area (Å²) in [7, 11) is 0. The van der Waals surface area contributed by atoms with Crippen molar-refractivity contribution in [2.24, 2.45) is 11.8 Å². The van der Waals surface area contributed by atoms with E-state index in [-0.39, 0.29) is 6.10 Å². The third kappa shape index (κ3) is 4.41. The summed E-state index contributed by atoms with van der Waals surface area (Å²) in [6.07, 6.45) is 6.82. The van der Waals surface area contributed by atoms with Crippen molar-refractivity contribution < 1.29 is 20.0 Å². The van der Waals surface area contributed by atoms with Gasteiger partial charge in [0.15, 0.2) is 0 Å². The van der Waals surface area contributed by atoms with Crippen LogP contribution in [-0.4, -0.2) is 16.3 Å². The van der Waals surface area contributed by atoms with E-state index in [4.69, 9.17) is 9.99 Å². The van der Waals surface area contributed by atoms with Crippen molar-refractivity contribution in [2.45, 2.75) is 38.7 Å². The van der Waals surface area contributed by atoms with Crippen molar-refractivity contribution in [3.05, 3.63) is 41.5 Å². The van der Waals surface area contributed by atoms with Crippen molar-refractivity contribution in [2.75, 3.05) is 0 Å². The van der Waals surface area contributed by atoms with Crippen LogP contribution in [-0.2, 0) is 9.68 Å². The molecule has 2 N–H and O–H groups in total. The van der Waals surface area contributed by atoms with Gasteiger partial charge >= 0.3 is 5.97 Å². The molecule has 1 fully saturated rings. The predicted octanol–water partition coefficient (Wildman–Crippen LogP) is 4.14. The van der Waals surface area contributed by atoms with E-state index in [9.17, 15) is 10.1 Å². The molecule has 21 heavy (non-hydrogen) atoms. The SMILES string of the molecule is CC1CCC(C(OO)c2ccc(C=CC(=O)O)cc2)CC1. The fourth-order valence-corrected chi connectivity index (χ4v) is 2.97. The summed E-state index contributed by atoms with van der Waals surface area (Å²) in [5, 5.41) is 17.9. The molecule has 0 bridgehead atoms. The van der Waals surface area contributed by atoms with Crippen molar-refractivity contribution in [3.63, 3.8) is 0 Å². The lowest BCUT2D eigenvalue weighted by Gasteiger charge is -2.31. The molecule has 0 spiro atoms. The van der Waals surface area contributed by atoms with E-state index in [1.807, 2.05) is 24.3 Å². The van der Waals surface area contributed by atoms with Gasteiger partial charge in [-0.15, -0.1) is 0 Å². The Morgan fingerprint density at radius 2 is 1.86 bits per heavy atom. The average Bonchev–Trinajstić information content (AvgIpc) is 2.49. The summed E-state index contributed by atoms with van der Waals surface area (Å²) >= 11 is 0. The zero-order valence-electron chi connectivity index (χ0n) is 12.2. The van der Waals surface area contributed by atoms with Crippen LogP contribution in [0, 0.1) is 11.8 Å². The van der Waals surface area contributed by atoms with Gasteiger partial charge in [0, 0.05) is 6.08 Å². The van der Waals surface area contributed by atoms with Crippen LogP contribution in [0.25, 0.3) is 6.08 Å². The Balaban J connectivity index is 2.06. The van der Waals surface area contributed by atoms with E-state index in [2.05, 4.69) is 6.92 Å². The topological polar surface area (TPSA) is 66.8 Å². The van der Waals surface area contributed by atoms with E-state index in [1.54, 1.807) is 6.08 Å². The van der Waals surface area contributed by atoms with Gasteiger partial charge in [0.25, 0.3) is 0 Å². The largest absolute Gasteiger partial charge is 0.478 e. The Morgan fingerprint density at radius 3 is 2.38 bits per heavy atom. The fourth-order valence-electron chi connectivity index (χ4n) is 2.97. The summed E-state index contributed by atoms with van der Waals surface area (Å²) < 4.78 is 0. The van der Waals surface area contributed by atoms with Crippen LogP contribution < -0.4 is 0 Å². The zero-order valence-corrected chi connectivity index (χ0v) is 12.2. The van der Waals surface area contributed by atoms with Gasteiger partial charge in [0.1, 0.15) is 6.10 Å². The van der Waals surface area contributed by atoms with Gasteiger partial charge in [-0.25, -0.2) is 9.68 Å². The first-order chi connectivity index (χ1) is 10.1. The molecule has 0 saturated heterocycles. The Kier molecular flexibility index (Phi) is 5.53. The molecule has 1 aromatic rings. The zero-order chi connectivity index (χ0) is 15.2. The molecule has 1 atom stereocenters. The minimum atomic E-state index is -0.966. The van der Waals surface area contributed by atoms with Crippen LogP contribution in [0.4, 0.5) is 0 Å². The number of hydrogen-bond donors (Lipinski definition) is 2. The van der Waals surface area contributed by atoms with E-state index in [0.29, 0.717) is 5.92 Å². The van der Waals surface area contributed by atoms with Gasteiger partial charge < -0.3 is 5.11 Å². The van der Waals surface area contributed by atoms with Crippen molar-refractivity contribution >= 4 is 12.0 Å². The standard InChI is InChI=1S/C17H22O4/c1-12-2-7-14(8-3-12)17(21-20)15-9-4-13(5-10-15)6-11-16(18)19/h4-6,9-12,14,17,20H,2-3,7-8H2,1H3,(H,18,19). The lowest BCUT2D eigenvalue weighted by molar-refractivity contribution is -0.296. The molecular formula is C17H22O4. The monoisotopic (exact) mass is 290 g/mol. The quantitative estimate of drug-likeness (QED) is 0.486. The number of aliphatic carboxylic acids is 1. The summed E-state index contributed by atoms with van der Waals surface area (Å²) in [5.74, 6) is 0.128. The van der Waals surface area contributed by atoms with Crippen LogP contribution in [0.15, 0.2) is 30.3 Å². The molecule has 1 aromatic carbocycles. The third-order valence-corrected chi connectivity index (χ3v) is 4.29. The molecule has 1 unspecified atom stereocenters. The molecule has 2 rings (SSSR count). The maximum atomic E-state index is 10.5. The molecule has 0 radical (unpaired) electrons. The number of carboxylic acid groups (broad SMARTS) is 1. The molecule has 0 amide bonds. The van der Waals surface area contributed by atoms with Crippen LogP contribution in [0.3, 0.4) is 0 Å². The number of benzene rings is 1. The van der Waals surface area contributed by atoms with Crippen LogP contribution >= 0.6 is 0 Å². The van der Waals surface area contributed by atoms with Crippen LogP contribution in [0.2, 0.25) is 0 Å². The fraction of sp³-hybridized carbons (Fsp3) is 0.471. The Morgan fingerprint density at radius 1 is 1.24 bits per heavy atom. The predicted molar refractivity (Wildman–Crippen MR) is 80.7 cm³/mol. The van der Waals surface area contributed by atoms with Gasteiger partial charge in [-0.2, -0.15) is 0 Å². The molecule has 0 aromatic heterocycles. The first-order valence-corrected chi connectivity index (χ1v) is 7.41. The smallest absolute Gasteiger partial charge is 0.328 e. The highest BCUT2D eigenvalue weighted by Gasteiger charge is 2.28. The highest BCUT2D eigenvalue weighted by Crippen LogP contribution is 2.38. The van der Waals surface area contributed by atoms with Gasteiger partial charge in [-0.05, 0) is 41.9 Å². The molecule has 0 heterocycles. The highest BCUT2D eigenvalue weighted by atomic mass is 17.1. The van der Waals surface area contributed by atoms with Crippen molar-refractivity contribution in [1.82, 2.24) is 0 Å². The normalized spacial score (nSPS) is 24.1. The van der Waals surface area contributed by atoms with Gasteiger partial charge in [0.05, 0.1) is 0 Å². The lowest BCUT2D eigenvalue weighted by Crippen LogP contribution is -2.21. The van der Waals surface area contributed by atoms with E-state index < -0.39 is 5.97 Å². The van der Waals surface area contributed by atoms with Crippen molar-refractivity contribution in [1.29, 1.82) is 0 Å². The first kappa shape index (κ1) is 15.7. The second-order valence-corrected chi connectivity index (χ2v) is 5.88. The molecule has 114 valence electrons. The minimum Gasteiger partial charge on any atom is -0.478 e. The maximum Gasteiger partial charge on any atom is 0.328 e. The number of hydrogen-bond acceptors (Lipinski definition) is 3. The summed E-state index contributed by atoms with van der Waals surface area (Å²) in [5.41, 5.74) is 1.75. The van der Waals surface area contributed by atoms with E-state index >= 15 is 0 Å². The molecule has 1 saturated carbocycles. The van der Waals surface area contributed by atoms with Gasteiger partial charge in [0.2, 0.25) is 0 Å². The van der Waals surface area contributed by atoms with Crippen LogP contribution in [0.5, 0.6) is 0 Å². The van der Waals surface area contributed by atoms with Crippen LogP contribution in [0.1, 0.15) is 49.8 Å². The Bertz CT molecular complexity index is 484. The van der Waals surface area contributed by atoms with Gasteiger partial charge in [-0.3, -0.25) is 5.26 Å². The molecular weight excluding hydrogens is 268 g/mol. The highest BCUT2D eigenvalue weighted by molar-refractivity contribution is 5.85. The average molecular weight is 290 g/mol. The molecule has 4 nitrogen and oxygen atoms in total. The summed E-state index contributed by atoms with van der Waals surface area (Å²) in [6.45, 7) is 2.26.